The first-order valence-corrected chi connectivity index (χ1v) is 6.79. The lowest BCUT2D eigenvalue weighted by Gasteiger charge is -2.15. The van der Waals surface area contributed by atoms with Gasteiger partial charge in [-0.3, -0.25) is 0 Å². The molecule has 0 aliphatic heterocycles. The van der Waals surface area contributed by atoms with Crippen molar-refractivity contribution in [2.24, 2.45) is 5.92 Å². The van der Waals surface area contributed by atoms with Gasteiger partial charge in [0.25, 0.3) is 0 Å². The van der Waals surface area contributed by atoms with Gasteiger partial charge in [-0.15, -0.1) is 0 Å². The van der Waals surface area contributed by atoms with Gasteiger partial charge in [-0.1, -0.05) is 39.0 Å². The smallest absolute Gasteiger partial charge is 0.113 e. The van der Waals surface area contributed by atoms with Crippen molar-refractivity contribution < 1.29 is 0 Å². The summed E-state index contributed by atoms with van der Waals surface area (Å²) in [5, 5.41) is 0. The zero-order valence-corrected chi connectivity index (χ0v) is 11.3. The van der Waals surface area contributed by atoms with E-state index in [1.165, 1.54) is 37.7 Å². The summed E-state index contributed by atoms with van der Waals surface area (Å²) in [6.45, 7) is 6.08. The Hall–Kier alpha value is -1.29. The van der Waals surface area contributed by atoms with E-state index in [0.29, 0.717) is 5.92 Å². The molecule has 1 aliphatic rings. The predicted octanol–water partition coefficient (Wildman–Crippen LogP) is 4.35. The monoisotopic (exact) mass is 229 g/mol. The van der Waals surface area contributed by atoms with Gasteiger partial charge in [-0.05, 0) is 43.4 Å². The lowest BCUT2D eigenvalue weighted by Crippen LogP contribution is -2.03. The predicted molar refractivity (Wildman–Crippen MR) is 73.8 cm³/mol. The van der Waals surface area contributed by atoms with E-state index in [1.807, 2.05) is 26.1 Å². The zero-order valence-electron chi connectivity index (χ0n) is 11.3. The Morgan fingerprint density at radius 3 is 2.53 bits per heavy atom. The fourth-order valence-corrected chi connectivity index (χ4v) is 2.03. The van der Waals surface area contributed by atoms with E-state index in [-0.39, 0.29) is 0 Å². The Balaban J connectivity index is 0.000000686. The van der Waals surface area contributed by atoms with Crippen molar-refractivity contribution in [3.8, 4) is 11.8 Å². The van der Waals surface area contributed by atoms with Gasteiger partial charge in [0.05, 0.1) is 0 Å². The molecular formula is C16H23N. The van der Waals surface area contributed by atoms with Gasteiger partial charge in [0.15, 0.2) is 0 Å². The molecule has 1 nitrogen and oxygen atoms in total. The van der Waals surface area contributed by atoms with Crippen molar-refractivity contribution in [2.45, 2.75) is 52.9 Å². The first kappa shape index (κ1) is 13.8. The number of pyridine rings is 1. The molecule has 0 spiro atoms. The van der Waals surface area contributed by atoms with E-state index in [2.05, 4.69) is 29.8 Å². The Bertz CT molecular complexity index is 378. The first-order valence-electron chi connectivity index (χ1n) is 6.79. The third-order valence-corrected chi connectivity index (χ3v) is 2.92. The summed E-state index contributed by atoms with van der Waals surface area (Å²) in [6.07, 6.45) is 8.47. The van der Waals surface area contributed by atoms with Crippen molar-refractivity contribution >= 4 is 0 Å². The normalized spacial score (nSPS) is 15.2. The molecule has 1 fully saturated rings. The second kappa shape index (κ2) is 7.90. The van der Waals surface area contributed by atoms with E-state index in [9.17, 15) is 0 Å². The van der Waals surface area contributed by atoms with Crippen LogP contribution in [0.15, 0.2) is 18.3 Å². The van der Waals surface area contributed by atoms with Crippen LogP contribution in [0.3, 0.4) is 0 Å². The Morgan fingerprint density at radius 2 is 1.88 bits per heavy atom. The maximum absolute atomic E-state index is 4.25. The lowest BCUT2D eigenvalue weighted by molar-refractivity contribution is 0.430. The van der Waals surface area contributed by atoms with Crippen LogP contribution in [0.25, 0.3) is 0 Å². The summed E-state index contributed by atoms with van der Waals surface area (Å²) in [4.78, 5) is 4.25. The molecule has 0 aromatic carbocycles. The SMILES string of the molecule is CC.Cc1ccnc(C#CC2CCCCC2)c1. The third-order valence-electron chi connectivity index (χ3n) is 2.92. The molecule has 2 rings (SSSR count). The topological polar surface area (TPSA) is 12.9 Å². The van der Waals surface area contributed by atoms with Gasteiger partial charge in [0.2, 0.25) is 0 Å². The molecule has 1 saturated carbocycles. The van der Waals surface area contributed by atoms with Crippen LogP contribution in [0.4, 0.5) is 0 Å². The fraction of sp³-hybridized carbons (Fsp3) is 0.562. The minimum absolute atomic E-state index is 0.612. The van der Waals surface area contributed by atoms with Crippen molar-refractivity contribution in [3.63, 3.8) is 0 Å². The van der Waals surface area contributed by atoms with E-state index >= 15 is 0 Å². The highest BCUT2D eigenvalue weighted by Gasteiger charge is 2.09. The second-order valence-electron chi connectivity index (χ2n) is 4.32. The summed E-state index contributed by atoms with van der Waals surface area (Å²) in [5.41, 5.74) is 2.15. The minimum atomic E-state index is 0.612. The van der Waals surface area contributed by atoms with Crippen LogP contribution in [0.5, 0.6) is 0 Å². The summed E-state index contributed by atoms with van der Waals surface area (Å²) in [7, 11) is 0. The van der Waals surface area contributed by atoms with Gasteiger partial charge in [-0.2, -0.15) is 0 Å². The zero-order chi connectivity index (χ0) is 12.5. The van der Waals surface area contributed by atoms with Crippen LogP contribution in [0.2, 0.25) is 0 Å². The standard InChI is InChI=1S/C14H17N.C2H6/c1-12-9-10-15-14(11-12)8-7-13-5-3-2-4-6-13;1-2/h9-11,13H,2-6H2,1H3;1-2H3. The highest BCUT2D eigenvalue weighted by molar-refractivity contribution is 5.30. The van der Waals surface area contributed by atoms with E-state index in [1.54, 1.807) is 0 Å². The lowest BCUT2D eigenvalue weighted by atomic mass is 9.90. The third kappa shape index (κ3) is 5.04. The molecule has 17 heavy (non-hydrogen) atoms. The summed E-state index contributed by atoms with van der Waals surface area (Å²) in [6, 6.07) is 4.06. The quantitative estimate of drug-likeness (QED) is 0.603. The average Bonchev–Trinajstić information content (AvgIpc) is 2.40. The Kier molecular flexibility index (Phi) is 6.40. The summed E-state index contributed by atoms with van der Waals surface area (Å²) >= 11 is 0. The van der Waals surface area contributed by atoms with Crippen LogP contribution in [0.1, 0.15) is 57.2 Å². The molecule has 0 radical (unpaired) electrons. The first-order chi connectivity index (χ1) is 8.34. The molecule has 92 valence electrons. The Labute approximate surface area is 106 Å². The molecule has 0 N–H and O–H groups in total. The van der Waals surface area contributed by atoms with E-state index < -0.39 is 0 Å². The maximum Gasteiger partial charge on any atom is 0.113 e. The van der Waals surface area contributed by atoms with Gasteiger partial charge in [0.1, 0.15) is 5.69 Å². The van der Waals surface area contributed by atoms with Gasteiger partial charge in [-0.25, -0.2) is 4.98 Å². The number of hydrogen-bond donors (Lipinski definition) is 0. The molecule has 1 aliphatic carbocycles. The number of rotatable bonds is 0. The molecule has 0 unspecified atom stereocenters. The van der Waals surface area contributed by atoms with Crippen LogP contribution in [-0.2, 0) is 0 Å². The molecule has 1 aromatic heterocycles. The molecule has 0 saturated heterocycles. The van der Waals surface area contributed by atoms with E-state index in [4.69, 9.17) is 0 Å². The Morgan fingerprint density at radius 1 is 1.18 bits per heavy atom. The molecular weight excluding hydrogens is 206 g/mol. The summed E-state index contributed by atoms with van der Waals surface area (Å²) < 4.78 is 0. The van der Waals surface area contributed by atoms with Gasteiger partial charge in [0, 0.05) is 12.1 Å². The molecule has 0 bridgehead atoms. The number of aryl methyl sites for hydroxylation is 1. The molecule has 0 amide bonds. The van der Waals surface area contributed by atoms with Crippen LogP contribution in [0, 0.1) is 24.7 Å². The van der Waals surface area contributed by atoms with Crippen molar-refractivity contribution in [1.29, 1.82) is 0 Å². The molecule has 1 heteroatoms. The maximum atomic E-state index is 4.25. The summed E-state index contributed by atoms with van der Waals surface area (Å²) in [5.74, 6) is 7.16. The largest absolute Gasteiger partial charge is 0.248 e. The fourth-order valence-electron chi connectivity index (χ4n) is 2.03. The van der Waals surface area contributed by atoms with Gasteiger partial charge >= 0.3 is 0 Å². The molecule has 1 aromatic rings. The molecule has 0 atom stereocenters. The van der Waals surface area contributed by atoms with Gasteiger partial charge < -0.3 is 0 Å². The van der Waals surface area contributed by atoms with Crippen LogP contribution >= 0.6 is 0 Å². The highest BCUT2D eigenvalue weighted by Crippen LogP contribution is 2.22. The minimum Gasteiger partial charge on any atom is -0.248 e. The molecule has 1 heterocycles. The number of aromatic nitrogens is 1. The second-order valence-corrected chi connectivity index (χ2v) is 4.32. The van der Waals surface area contributed by atoms with Crippen molar-refractivity contribution in [1.82, 2.24) is 4.98 Å². The number of hydrogen-bond acceptors (Lipinski definition) is 1. The van der Waals surface area contributed by atoms with Crippen molar-refractivity contribution in [3.05, 3.63) is 29.6 Å². The van der Waals surface area contributed by atoms with E-state index in [0.717, 1.165) is 5.69 Å². The van der Waals surface area contributed by atoms with Crippen LogP contribution in [-0.4, -0.2) is 4.98 Å². The number of nitrogens with zero attached hydrogens (tertiary/aromatic N) is 1. The van der Waals surface area contributed by atoms with Crippen LogP contribution < -0.4 is 0 Å². The highest BCUT2D eigenvalue weighted by atomic mass is 14.6. The average molecular weight is 229 g/mol. The van der Waals surface area contributed by atoms with Crippen molar-refractivity contribution in [2.75, 3.05) is 0 Å².